The molecule has 5 nitrogen and oxygen atoms in total. The van der Waals surface area contributed by atoms with Gasteiger partial charge in [0.05, 0.1) is 16.4 Å². The Morgan fingerprint density at radius 1 is 1.04 bits per heavy atom. The van der Waals surface area contributed by atoms with E-state index in [0.717, 1.165) is 50.4 Å². The smallest absolute Gasteiger partial charge is 0.138 e. The highest BCUT2D eigenvalue weighted by Gasteiger charge is 2.13. The second-order valence-corrected chi connectivity index (χ2v) is 7.29. The Balaban J connectivity index is 1.41. The molecule has 3 aromatic heterocycles. The van der Waals surface area contributed by atoms with Crippen LogP contribution in [0, 0.1) is 5.82 Å². The predicted molar refractivity (Wildman–Crippen MR) is 111 cm³/mol. The Kier molecular flexibility index (Phi) is 4.21. The first-order valence-electron chi connectivity index (χ1n) is 8.93. The summed E-state index contributed by atoms with van der Waals surface area (Å²) < 4.78 is 13.3. The summed E-state index contributed by atoms with van der Waals surface area (Å²) in [6.45, 7) is 0.685. The van der Waals surface area contributed by atoms with E-state index in [4.69, 9.17) is 0 Å². The first-order chi connectivity index (χ1) is 13.8. The van der Waals surface area contributed by atoms with Crippen molar-refractivity contribution in [3.8, 4) is 11.1 Å². The average Bonchev–Trinajstić information content (AvgIpc) is 3.33. The summed E-state index contributed by atoms with van der Waals surface area (Å²) in [5.74, 6) is 1.47. The molecule has 28 heavy (non-hydrogen) atoms. The SMILES string of the molecule is Fc1ccc(-c2csc3ncnc(NCCc4nc5ccccc5[nH]4)c23)cc1. The number of halogens is 1. The first kappa shape index (κ1) is 16.8. The lowest BCUT2D eigenvalue weighted by atomic mass is 10.1. The van der Waals surface area contributed by atoms with E-state index in [1.165, 1.54) is 12.1 Å². The summed E-state index contributed by atoms with van der Waals surface area (Å²) >= 11 is 1.56. The van der Waals surface area contributed by atoms with Gasteiger partial charge in [-0.05, 0) is 29.8 Å². The fraction of sp³-hybridized carbons (Fsp3) is 0.0952. The molecule has 2 aromatic carbocycles. The third-order valence-electron chi connectivity index (χ3n) is 4.62. The normalized spacial score (nSPS) is 11.3. The van der Waals surface area contributed by atoms with Crippen LogP contribution in [0.3, 0.4) is 0 Å². The number of imidazole rings is 1. The van der Waals surface area contributed by atoms with Gasteiger partial charge in [-0.2, -0.15) is 0 Å². The number of nitrogens with zero attached hydrogens (tertiary/aromatic N) is 3. The Morgan fingerprint density at radius 2 is 1.89 bits per heavy atom. The first-order valence-corrected chi connectivity index (χ1v) is 9.81. The summed E-state index contributed by atoms with van der Waals surface area (Å²) in [6.07, 6.45) is 2.31. The quantitative estimate of drug-likeness (QED) is 0.442. The molecule has 2 N–H and O–H groups in total. The van der Waals surface area contributed by atoms with Crippen LogP contribution < -0.4 is 5.32 Å². The number of H-pyrrole nitrogens is 1. The number of anilines is 1. The van der Waals surface area contributed by atoms with Crippen molar-refractivity contribution < 1.29 is 4.39 Å². The van der Waals surface area contributed by atoms with Crippen LogP contribution in [0.5, 0.6) is 0 Å². The van der Waals surface area contributed by atoms with Gasteiger partial charge in [0.1, 0.15) is 28.6 Å². The maximum atomic E-state index is 13.3. The molecule has 0 unspecified atom stereocenters. The van der Waals surface area contributed by atoms with E-state index in [-0.39, 0.29) is 5.82 Å². The zero-order valence-electron chi connectivity index (χ0n) is 14.8. The van der Waals surface area contributed by atoms with Crippen LogP contribution in [0.25, 0.3) is 32.4 Å². The van der Waals surface area contributed by atoms with Crippen molar-refractivity contribution in [2.45, 2.75) is 6.42 Å². The summed E-state index contributed by atoms with van der Waals surface area (Å²) in [7, 11) is 0. The van der Waals surface area contributed by atoms with E-state index < -0.39 is 0 Å². The Hall–Kier alpha value is -3.32. The highest BCUT2D eigenvalue weighted by atomic mass is 32.1. The lowest BCUT2D eigenvalue weighted by Crippen LogP contribution is -2.07. The van der Waals surface area contributed by atoms with Crippen molar-refractivity contribution in [1.82, 2.24) is 19.9 Å². The third kappa shape index (κ3) is 3.10. The molecule has 7 heteroatoms. The number of thiophene rings is 1. The predicted octanol–water partition coefficient (Wildman–Crippen LogP) is 5.03. The van der Waals surface area contributed by atoms with Crippen molar-refractivity contribution in [2.75, 3.05) is 11.9 Å². The maximum Gasteiger partial charge on any atom is 0.138 e. The van der Waals surface area contributed by atoms with Crippen molar-refractivity contribution in [3.05, 3.63) is 71.9 Å². The van der Waals surface area contributed by atoms with Crippen LogP contribution >= 0.6 is 11.3 Å². The molecule has 0 amide bonds. The largest absolute Gasteiger partial charge is 0.369 e. The minimum Gasteiger partial charge on any atom is -0.369 e. The minimum atomic E-state index is -0.247. The summed E-state index contributed by atoms with van der Waals surface area (Å²) in [5.41, 5.74) is 3.96. The molecule has 5 aromatic rings. The van der Waals surface area contributed by atoms with Gasteiger partial charge >= 0.3 is 0 Å². The number of para-hydroxylation sites is 2. The summed E-state index contributed by atoms with van der Waals surface area (Å²) in [4.78, 5) is 17.7. The number of benzene rings is 2. The Morgan fingerprint density at radius 3 is 2.75 bits per heavy atom. The van der Waals surface area contributed by atoms with Crippen LogP contribution in [0.2, 0.25) is 0 Å². The van der Waals surface area contributed by atoms with Gasteiger partial charge in [-0.3, -0.25) is 0 Å². The van der Waals surface area contributed by atoms with Crippen molar-refractivity contribution in [3.63, 3.8) is 0 Å². The van der Waals surface area contributed by atoms with Crippen LogP contribution in [-0.2, 0) is 6.42 Å². The number of hydrogen-bond acceptors (Lipinski definition) is 5. The average molecular weight is 389 g/mol. The van der Waals surface area contributed by atoms with Gasteiger partial charge in [0.25, 0.3) is 0 Å². The summed E-state index contributed by atoms with van der Waals surface area (Å²) in [5, 5.41) is 6.41. The van der Waals surface area contributed by atoms with E-state index in [1.807, 2.05) is 29.6 Å². The number of rotatable bonds is 5. The summed E-state index contributed by atoms with van der Waals surface area (Å²) in [6, 6.07) is 14.5. The molecule has 0 aliphatic rings. The number of hydrogen-bond donors (Lipinski definition) is 2. The number of fused-ring (bicyclic) bond motifs is 2. The van der Waals surface area contributed by atoms with Crippen LogP contribution in [0.15, 0.2) is 60.2 Å². The molecule has 0 saturated carbocycles. The maximum absolute atomic E-state index is 13.3. The lowest BCUT2D eigenvalue weighted by molar-refractivity contribution is 0.628. The fourth-order valence-corrected chi connectivity index (χ4v) is 4.19. The van der Waals surface area contributed by atoms with Gasteiger partial charge in [-0.25, -0.2) is 19.3 Å². The molecule has 3 heterocycles. The topological polar surface area (TPSA) is 66.5 Å². The van der Waals surface area contributed by atoms with Gasteiger partial charge in [0.15, 0.2) is 0 Å². The number of aromatic nitrogens is 4. The van der Waals surface area contributed by atoms with Gasteiger partial charge in [-0.1, -0.05) is 24.3 Å². The Labute approximate surface area is 164 Å². The van der Waals surface area contributed by atoms with E-state index in [1.54, 1.807) is 29.8 Å². The van der Waals surface area contributed by atoms with Crippen molar-refractivity contribution in [2.24, 2.45) is 0 Å². The molecule has 5 rings (SSSR count). The molecule has 0 aliphatic carbocycles. The molecule has 0 aliphatic heterocycles. The molecule has 0 saturated heterocycles. The second-order valence-electron chi connectivity index (χ2n) is 6.44. The van der Waals surface area contributed by atoms with Crippen molar-refractivity contribution in [1.29, 1.82) is 0 Å². The van der Waals surface area contributed by atoms with Gasteiger partial charge in [0.2, 0.25) is 0 Å². The molecule has 0 radical (unpaired) electrons. The Bertz CT molecular complexity index is 1230. The van der Waals surface area contributed by atoms with Crippen LogP contribution in [-0.4, -0.2) is 26.5 Å². The third-order valence-corrected chi connectivity index (χ3v) is 5.50. The zero-order chi connectivity index (χ0) is 18.9. The molecule has 0 spiro atoms. The minimum absolute atomic E-state index is 0.247. The standard InChI is InChI=1S/C21H16FN5S/c22-14-7-5-13(6-8-14)15-11-28-21-19(15)20(24-12-25-21)23-10-9-18-26-16-3-1-2-4-17(16)27-18/h1-8,11-12H,9-10H2,(H,26,27)(H,23,24,25). The highest BCUT2D eigenvalue weighted by Crippen LogP contribution is 2.36. The van der Waals surface area contributed by atoms with E-state index in [2.05, 4.69) is 25.3 Å². The molecule has 138 valence electrons. The molecule has 0 bridgehead atoms. The van der Waals surface area contributed by atoms with E-state index in [0.29, 0.717) is 6.54 Å². The molecule has 0 fully saturated rings. The van der Waals surface area contributed by atoms with Gasteiger partial charge in [-0.15, -0.1) is 11.3 Å². The van der Waals surface area contributed by atoms with Crippen molar-refractivity contribution >= 4 is 38.4 Å². The second kappa shape index (κ2) is 7.01. The fourth-order valence-electron chi connectivity index (χ4n) is 3.27. The van der Waals surface area contributed by atoms with E-state index >= 15 is 0 Å². The lowest BCUT2D eigenvalue weighted by Gasteiger charge is -2.08. The monoisotopic (exact) mass is 389 g/mol. The van der Waals surface area contributed by atoms with Crippen LogP contribution in [0.4, 0.5) is 10.2 Å². The van der Waals surface area contributed by atoms with Gasteiger partial charge < -0.3 is 10.3 Å². The molecular weight excluding hydrogens is 373 g/mol. The zero-order valence-corrected chi connectivity index (χ0v) is 15.6. The van der Waals surface area contributed by atoms with Gasteiger partial charge in [0, 0.05) is 23.9 Å². The number of nitrogens with one attached hydrogen (secondary N) is 2. The molecule has 0 atom stereocenters. The van der Waals surface area contributed by atoms with Crippen LogP contribution in [0.1, 0.15) is 5.82 Å². The van der Waals surface area contributed by atoms with E-state index in [9.17, 15) is 4.39 Å². The highest BCUT2D eigenvalue weighted by molar-refractivity contribution is 7.17. The molecular formula is C21H16FN5S. The number of aromatic amines is 1.